The smallest absolute Gasteiger partial charge is 0.173 e. The molecule has 0 aliphatic carbocycles. The maximum Gasteiger partial charge on any atom is 0.173 e. The van der Waals surface area contributed by atoms with E-state index < -0.39 is 0 Å². The van der Waals surface area contributed by atoms with Crippen LogP contribution in [-0.4, -0.2) is 36.8 Å². The van der Waals surface area contributed by atoms with Crippen LogP contribution in [0.1, 0.15) is 26.2 Å². The van der Waals surface area contributed by atoms with Crippen LogP contribution in [0.5, 0.6) is 11.5 Å². The molecule has 1 aliphatic heterocycles. The Bertz CT molecular complexity index is 479. The summed E-state index contributed by atoms with van der Waals surface area (Å²) in [5.74, 6) is 1.54. The second-order valence-electron chi connectivity index (χ2n) is 5.03. The molecule has 0 aromatic heterocycles. The molecule has 1 fully saturated rings. The summed E-state index contributed by atoms with van der Waals surface area (Å²) in [6.07, 6.45) is 3.67. The number of thiocarbonyl (C=S) groups is 1. The van der Waals surface area contributed by atoms with Crippen LogP contribution in [0.3, 0.4) is 0 Å². The minimum Gasteiger partial charge on any atom is -0.497 e. The van der Waals surface area contributed by atoms with Gasteiger partial charge in [0, 0.05) is 18.7 Å². The van der Waals surface area contributed by atoms with Crippen molar-refractivity contribution in [3.8, 4) is 11.5 Å². The third kappa shape index (κ3) is 3.33. The topological polar surface area (TPSA) is 33.7 Å². The van der Waals surface area contributed by atoms with Gasteiger partial charge in [-0.3, -0.25) is 0 Å². The van der Waals surface area contributed by atoms with E-state index in [-0.39, 0.29) is 0 Å². The Labute approximate surface area is 126 Å². The van der Waals surface area contributed by atoms with E-state index in [9.17, 15) is 0 Å². The molecule has 20 heavy (non-hydrogen) atoms. The van der Waals surface area contributed by atoms with Crippen molar-refractivity contribution < 1.29 is 9.47 Å². The van der Waals surface area contributed by atoms with Crippen molar-refractivity contribution in [2.45, 2.75) is 32.2 Å². The van der Waals surface area contributed by atoms with Gasteiger partial charge in [0.2, 0.25) is 0 Å². The van der Waals surface area contributed by atoms with E-state index in [0.717, 1.165) is 28.8 Å². The monoisotopic (exact) mass is 294 g/mol. The molecule has 0 radical (unpaired) electrons. The zero-order chi connectivity index (χ0) is 14.5. The Hall–Kier alpha value is -1.49. The number of ether oxygens (including phenoxy) is 2. The molecular weight excluding hydrogens is 272 g/mol. The molecule has 1 atom stereocenters. The third-order valence-corrected chi connectivity index (χ3v) is 4.05. The highest BCUT2D eigenvalue weighted by molar-refractivity contribution is 7.80. The van der Waals surface area contributed by atoms with Gasteiger partial charge in [-0.2, -0.15) is 0 Å². The summed E-state index contributed by atoms with van der Waals surface area (Å²) in [5.41, 5.74) is 0.842. The number of hydrogen-bond acceptors (Lipinski definition) is 3. The summed E-state index contributed by atoms with van der Waals surface area (Å²) in [4.78, 5) is 2.25. The minimum absolute atomic E-state index is 0.486. The predicted octanol–water partition coefficient (Wildman–Crippen LogP) is 3.28. The average molecular weight is 294 g/mol. The fourth-order valence-electron chi connectivity index (χ4n) is 2.50. The van der Waals surface area contributed by atoms with Gasteiger partial charge >= 0.3 is 0 Å². The zero-order valence-electron chi connectivity index (χ0n) is 12.3. The highest BCUT2D eigenvalue weighted by atomic mass is 32.1. The van der Waals surface area contributed by atoms with Crippen LogP contribution >= 0.6 is 12.2 Å². The molecule has 1 aliphatic rings. The summed E-state index contributed by atoms with van der Waals surface area (Å²) in [7, 11) is 3.30. The average Bonchev–Trinajstić information content (AvgIpc) is 2.47. The lowest BCUT2D eigenvalue weighted by molar-refractivity contribution is 0.262. The van der Waals surface area contributed by atoms with Gasteiger partial charge in [0.25, 0.3) is 0 Å². The summed E-state index contributed by atoms with van der Waals surface area (Å²) in [5, 5.41) is 4.04. The molecule has 0 amide bonds. The number of methoxy groups -OCH3 is 2. The molecule has 0 spiro atoms. The lowest BCUT2D eigenvalue weighted by Crippen LogP contribution is -2.44. The van der Waals surface area contributed by atoms with Crippen molar-refractivity contribution in [3.05, 3.63) is 18.2 Å². The van der Waals surface area contributed by atoms with E-state index in [2.05, 4.69) is 17.1 Å². The molecule has 0 saturated carbocycles. The van der Waals surface area contributed by atoms with E-state index in [1.54, 1.807) is 14.2 Å². The number of piperidine rings is 1. The van der Waals surface area contributed by atoms with Crippen LogP contribution in [0.15, 0.2) is 18.2 Å². The maximum absolute atomic E-state index is 5.54. The maximum atomic E-state index is 5.54. The van der Waals surface area contributed by atoms with Gasteiger partial charge in [0.1, 0.15) is 11.5 Å². The second kappa shape index (κ2) is 6.79. The number of hydrogen-bond donors (Lipinski definition) is 1. The fraction of sp³-hybridized carbons (Fsp3) is 0.533. The SMILES string of the molecule is COc1ccc(OC)c(NC(=S)N2CCCCC2C)c1. The van der Waals surface area contributed by atoms with Gasteiger partial charge in [-0.15, -0.1) is 0 Å². The largest absolute Gasteiger partial charge is 0.497 e. The minimum atomic E-state index is 0.486. The molecule has 5 heteroatoms. The Morgan fingerprint density at radius 3 is 2.75 bits per heavy atom. The predicted molar refractivity (Wildman–Crippen MR) is 85.8 cm³/mol. The highest BCUT2D eigenvalue weighted by Gasteiger charge is 2.21. The number of benzene rings is 1. The zero-order valence-corrected chi connectivity index (χ0v) is 13.1. The van der Waals surface area contributed by atoms with E-state index in [4.69, 9.17) is 21.7 Å². The number of nitrogens with one attached hydrogen (secondary N) is 1. The van der Waals surface area contributed by atoms with Gasteiger partial charge in [-0.05, 0) is 50.5 Å². The molecule has 4 nitrogen and oxygen atoms in total. The van der Waals surface area contributed by atoms with Crippen molar-refractivity contribution in [2.75, 3.05) is 26.1 Å². The van der Waals surface area contributed by atoms with Gasteiger partial charge in [-0.1, -0.05) is 0 Å². The number of rotatable bonds is 3. The molecule has 1 N–H and O–H groups in total. The second-order valence-corrected chi connectivity index (χ2v) is 5.42. The molecule has 0 bridgehead atoms. The molecular formula is C15H22N2O2S. The van der Waals surface area contributed by atoms with Crippen molar-refractivity contribution in [2.24, 2.45) is 0 Å². The van der Waals surface area contributed by atoms with Crippen LogP contribution in [0.4, 0.5) is 5.69 Å². The summed E-state index contributed by atoms with van der Waals surface area (Å²) < 4.78 is 10.6. The normalized spacial score (nSPS) is 18.6. The molecule has 1 unspecified atom stereocenters. The number of nitrogens with zero attached hydrogens (tertiary/aromatic N) is 1. The number of anilines is 1. The molecule has 1 aromatic rings. The van der Waals surface area contributed by atoms with Crippen molar-refractivity contribution in [3.63, 3.8) is 0 Å². The molecule has 2 rings (SSSR count). The Balaban J connectivity index is 2.13. The van der Waals surface area contributed by atoms with Crippen molar-refractivity contribution in [1.82, 2.24) is 4.90 Å². The highest BCUT2D eigenvalue weighted by Crippen LogP contribution is 2.29. The van der Waals surface area contributed by atoms with E-state index in [1.165, 1.54) is 19.3 Å². The van der Waals surface area contributed by atoms with Gasteiger partial charge in [0.05, 0.1) is 19.9 Å². The third-order valence-electron chi connectivity index (χ3n) is 3.71. The first kappa shape index (κ1) is 14.9. The molecule has 1 saturated heterocycles. The quantitative estimate of drug-likeness (QED) is 0.865. The van der Waals surface area contributed by atoms with Crippen LogP contribution in [0.2, 0.25) is 0 Å². The van der Waals surface area contributed by atoms with E-state index in [1.807, 2.05) is 18.2 Å². The first-order valence-electron chi connectivity index (χ1n) is 6.95. The fourth-order valence-corrected chi connectivity index (χ4v) is 2.88. The summed E-state index contributed by atoms with van der Waals surface area (Å²) >= 11 is 5.54. The molecule has 1 heterocycles. The van der Waals surface area contributed by atoms with Gasteiger partial charge in [0.15, 0.2) is 5.11 Å². The van der Waals surface area contributed by atoms with Gasteiger partial charge < -0.3 is 19.7 Å². The number of likely N-dealkylation sites (tertiary alicyclic amines) is 1. The summed E-state index contributed by atoms with van der Waals surface area (Å²) in [6.45, 7) is 3.23. The van der Waals surface area contributed by atoms with E-state index in [0.29, 0.717) is 6.04 Å². The van der Waals surface area contributed by atoms with E-state index >= 15 is 0 Å². The van der Waals surface area contributed by atoms with Crippen LogP contribution < -0.4 is 14.8 Å². The van der Waals surface area contributed by atoms with Crippen LogP contribution in [0, 0.1) is 0 Å². The first-order chi connectivity index (χ1) is 9.65. The van der Waals surface area contributed by atoms with Gasteiger partial charge in [-0.25, -0.2) is 0 Å². The lowest BCUT2D eigenvalue weighted by Gasteiger charge is -2.35. The standard InChI is InChI=1S/C15H22N2O2S/c1-11-6-4-5-9-17(11)15(20)16-13-10-12(18-2)7-8-14(13)19-3/h7-8,10-11H,4-6,9H2,1-3H3,(H,16,20). The summed E-state index contributed by atoms with van der Waals surface area (Å²) in [6, 6.07) is 6.14. The Morgan fingerprint density at radius 2 is 2.10 bits per heavy atom. The Morgan fingerprint density at radius 1 is 1.30 bits per heavy atom. The van der Waals surface area contributed by atoms with Crippen molar-refractivity contribution in [1.29, 1.82) is 0 Å². The van der Waals surface area contributed by atoms with Crippen molar-refractivity contribution >= 4 is 23.0 Å². The lowest BCUT2D eigenvalue weighted by atomic mass is 10.0. The first-order valence-corrected chi connectivity index (χ1v) is 7.36. The van der Waals surface area contributed by atoms with Crippen LogP contribution in [-0.2, 0) is 0 Å². The Kier molecular flexibility index (Phi) is 5.06. The van der Waals surface area contributed by atoms with Crippen LogP contribution in [0.25, 0.3) is 0 Å². The molecule has 110 valence electrons. The molecule has 1 aromatic carbocycles.